The maximum atomic E-state index is 14.8. The van der Waals surface area contributed by atoms with Crippen molar-refractivity contribution in [3.63, 3.8) is 0 Å². The molecule has 1 aliphatic rings. The molecule has 1 nitrogen and oxygen atoms in total. The number of hydrogen-bond donors (Lipinski definition) is 0. The summed E-state index contributed by atoms with van der Waals surface area (Å²) in [7, 11) is 0. The van der Waals surface area contributed by atoms with Crippen LogP contribution in [0.25, 0.3) is 22.3 Å². The van der Waals surface area contributed by atoms with Crippen molar-refractivity contribution in [3.05, 3.63) is 82.2 Å². The van der Waals surface area contributed by atoms with E-state index in [0.717, 1.165) is 16.7 Å². The van der Waals surface area contributed by atoms with Gasteiger partial charge in [-0.05, 0) is 52.4 Å². The van der Waals surface area contributed by atoms with Gasteiger partial charge in [-0.1, -0.05) is 37.6 Å². The smallest absolute Gasteiger partial charge is 0.141 e. The van der Waals surface area contributed by atoms with Crippen LogP contribution in [0, 0.1) is 28.8 Å². The molecule has 0 aromatic heterocycles. The maximum Gasteiger partial charge on any atom is 0.141 e. The fraction of sp³-hybridized carbons (Fsp3) is 0.174. The Labute approximate surface area is 155 Å². The molecule has 0 spiro atoms. The van der Waals surface area contributed by atoms with Crippen molar-refractivity contribution in [1.29, 1.82) is 5.26 Å². The van der Waals surface area contributed by atoms with Gasteiger partial charge in [0.15, 0.2) is 0 Å². The van der Waals surface area contributed by atoms with Gasteiger partial charge >= 0.3 is 0 Å². The normalized spacial score (nSPS) is 11.8. The first-order valence-electron chi connectivity index (χ1n) is 8.86. The lowest BCUT2D eigenvalue weighted by molar-refractivity contribution is 0.547. The summed E-state index contributed by atoms with van der Waals surface area (Å²) in [6.07, 6.45) is 1.44. The maximum absolute atomic E-state index is 14.8. The third kappa shape index (κ3) is 2.80. The number of nitriles is 1. The molecule has 3 aromatic carbocycles. The first kappa shape index (κ1) is 17.4. The van der Waals surface area contributed by atoms with Crippen LogP contribution in [0.4, 0.5) is 13.2 Å². The molecule has 0 radical (unpaired) electrons. The summed E-state index contributed by atoms with van der Waals surface area (Å²) >= 11 is 0. The molecule has 0 saturated carbocycles. The Balaban J connectivity index is 1.78. The molecule has 4 rings (SSSR count). The van der Waals surface area contributed by atoms with E-state index in [9.17, 15) is 13.2 Å². The van der Waals surface area contributed by atoms with E-state index in [1.54, 1.807) is 12.1 Å². The number of benzene rings is 3. The Morgan fingerprint density at radius 2 is 1.67 bits per heavy atom. The lowest BCUT2D eigenvalue weighted by atomic mass is 9.97. The summed E-state index contributed by atoms with van der Waals surface area (Å²) in [5.74, 6) is -1.52. The number of fused-ring (bicyclic) bond motifs is 3. The van der Waals surface area contributed by atoms with E-state index in [4.69, 9.17) is 5.26 Å². The minimum absolute atomic E-state index is 0.00619. The van der Waals surface area contributed by atoms with Gasteiger partial charge in [0.25, 0.3) is 0 Å². The highest BCUT2D eigenvalue weighted by molar-refractivity contribution is 5.81. The Morgan fingerprint density at radius 1 is 0.926 bits per heavy atom. The monoisotopic (exact) mass is 363 g/mol. The van der Waals surface area contributed by atoms with E-state index in [2.05, 4.69) is 0 Å². The van der Waals surface area contributed by atoms with Gasteiger partial charge < -0.3 is 0 Å². The van der Waals surface area contributed by atoms with E-state index in [0.29, 0.717) is 36.0 Å². The zero-order valence-electron chi connectivity index (χ0n) is 14.7. The summed E-state index contributed by atoms with van der Waals surface area (Å²) in [6, 6.07) is 13.2. The SMILES string of the molecule is CCCc1c(F)cc2c(c1F)Cc1cc(-c3ccc(C#N)c(F)c3)ccc1-2. The van der Waals surface area contributed by atoms with Crippen LogP contribution in [0.1, 0.15) is 35.6 Å². The summed E-state index contributed by atoms with van der Waals surface area (Å²) in [6.45, 7) is 1.89. The zero-order chi connectivity index (χ0) is 19.1. The summed E-state index contributed by atoms with van der Waals surface area (Å²) in [5, 5.41) is 8.86. The third-order valence-corrected chi connectivity index (χ3v) is 5.10. The van der Waals surface area contributed by atoms with Gasteiger partial charge in [-0.25, -0.2) is 13.2 Å². The molecule has 134 valence electrons. The van der Waals surface area contributed by atoms with Crippen molar-refractivity contribution >= 4 is 0 Å². The van der Waals surface area contributed by atoms with Gasteiger partial charge in [0, 0.05) is 17.5 Å². The molecule has 0 unspecified atom stereocenters. The lowest BCUT2D eigenvalue weighted by Crippen LogP contribution is -2.00. The van der Waals surface area contributed by atoms with Crippen LogP contribution in [0.3, 0.4) is 0 Å². The first-order valence-corrected chi connectivity index (χ1v) is 8.86. The average Bonchev–Trinajstić information content (AvgIpc) is 3.03. The van der Waals surface area contributed by atoms with Crippen molar-refractivity contribution in [3.8, 4) is 28.3 Å². The second-order valence-corrected chi connectivity index (χ2v) is 6.78. The molecule has 0 bridgehead atoms. The van der Waals surface area contributed by atoms with Gasteiger partial charge in [-0.3, -0.25) is 0 Å². The zero-order valence-corrected chi connectivity index (χ0v) is 14.7. The molecule has 27 heavy (non-hydrogen) atoms. The topological polar surface area (TPSA) is 23.8 Å². The molecule has 0 N–H and O–H groups in total. The van der Waals surface area contributed by atoms with Gasteiger partial charge in [-0.2, -0.15) is 5.26 Å². The van der Waals surface area contributed by atoms with Gasteiger partial charge in [0.05, 0.1) is 5.56 Å². The van der Waals surface area contributed by atoms with E-state index in [1.165, 1.54) is 18.2 Å². The highest BCUT2D eigenvalue weighted by Gasteiger charge is 2.26. The van der Waals surface area contributed by atoms with Crippen molar-refractivity contribution in [2.45, 2.75) is 26.2 Å². The number of rotatable bonds is 3. The minimum Gasteiger partial charge on any atom is -0.207 e. The molecular formula is C23H16F3N. The predicted molar refractivity (Wildman–Crippen MR) is 98.7 cm³/mol. The van der Waals surface area contributed by atoms with Crippen molar-refractivity contribution in [2.24, 2.45) is 0 Å². The summed E-state index contributed by atoms with van der Waals surface area (Å²) < 4.78 is 43.1. The van der Waals surface area contributed by atoms with E-state index in [-0.39, 0.29) is 11.1 Å². The highest BCUT2D eigenvalue weighted by atomic mass is 19.1. The Morgan fingerprint density at radius 3 is 2.37 bits per heavy atom. The van der Waals surface area contributed by atoms with Crippen molar-refractivity contribution in [2.75, 3.05) is 0 Å². The average molecular weight is 363 g/mol. The van der Waals surface area contributed by atoms with E-state index >= 15 is 0 Å². The Kier molecular flexibility index (Phi) is 4.24. The number of hydrogen-bond acceptors (Lipinski definition) is 1. The van der Waals surface area contributed by atoms with Crippen LogP contribution in [-0.4, -0.2) is 0 Å². The second-order valence-electron chi connectivity index (χ2n) is 6.78. The summed E-state index contributed by atoms with van der Waals surface area (Å²) in [4.78, 5) is 0. The highest BCUT2D eigenvalue weighted by Crippen LogP contribution is 2.41. The molecule has 0 amide bonds. The van der Waals surface area contributed by atoms with Crippen LogP contribution in [0.5, 0.6) is 0 Å². The molecule has 3 aromatic rings. The quantitative estimate of drug-likeness (QED) is 0.427. The van der Waals surface area contributed by atoms with Gasteiger partial charge in [0.1, 0.15) is 23.5 Å². The predicted octanol–water partition coefficient (Wildman–Crippen LogP) is 6.17. The van der Waals surface area contributed by atoms with Crippen LogP contribution >= 0.6 is 0 Å². The third-order valence-electron chi connectivity index (χ3n) is 5.10. The van der Waals surface area contributed by atoms with Crippen LogP contribution in [-0.2, 0) is 12.8 Å². The molecule has 0 atom stereocenters. The molecule has 0 heterocycles. The largest absolute Gasteiger partial charge is 0.207 e. The van der Waals surface area contributed by atoms with Gasteiger partial charge in [0.2, 0.25) is 0 Å². The molecule has 0 fully saturated rings. The van der Waals surface area contributed by atoms with Crippen molar-refractivity contribution in [1.82, 2.24) is 0 Å². The number of nitrogens with zero attached hydrogens (tertiary/aromatic N) is 1. The molecular weight excluding hydrogens is 347 g/mol. The summed E-state index contributed by atoms with van der Waals surface area (Å²) in [5.41, 5.74) is 4.38. The Hall–Kier alpha value is -3.06. The molecule has 4 heteroatoms. The molecule has 0 aliphatic heterocycles. The van der Waals surface area contributed by atoms with Gasteiger partial charge in [-0.15, -0.1) is 0 Å². The Bertz CT molecular complexity index is 1110. The fourth-order valence-electron chi connectivity index (χ4n) is 3.76. The van der Waals surface area contributed by atoms with Crippen LogP contribution in [0.2, 0.25) is 0 Å². The molecule has 0 saturated heterocycles. The van der Waals surface area contributed by atoms with E-state index < -0.39 is 17.5 Å². The minimum atomic E-state index is -0.573. The van der Waals surface area contributed by atoms with Crippen LogP contribution < -0.4 is 0 Å². The van der Waals surface area contributed by atoms with E-state index in [1.807, 2.05) is 25.1 Å². The van der Waals surface area contributed by atoms with Crippen molar-refractivity contribution < 1.29 is 13.2 Å². The lowest BCUT2D eigenvalue weighted by Gasteiger charge is -2.09. The molecule has 1 aliphatic carbocycles. The first-order chi connectivity index (χ1) is 13.0. The van der Waals surface area contributed by atoms with Crippen LogP contribution in [0.15, 0.2) is 42.5 Å². The fourth-order valence-corrected chi connectivity index (χ4v) is 3.76. The number of halogens is 3. The standard InChI is InChI=1S/C23H16F3N/c1-2-3-18-22(25)11-19-17-7-6-13(8-16(17)9-20(19)23(18)26)14-4-5-15(12-27)21(24)10-14/h4-8,10-11H,2-3,9H2,1H3. The second kappa shape index (κ2) is 6.59.